The van der Waals surface area contributed by atoms with Crippen LogP contribution in [0.3, 0.4) is 0 Å². The summed E-state index contributed by atoms with van der Waals surface area (Å²) in [6.45, 7) is 3.76. The van der Waals surface area contributed by atoms with E-state index in [1.165, 1.54) is 12.1 Å². The van der Waals surface area contributed by atoms with Crippen molar-refractivity contribution in [2.24, 2.45) is 5.92 Å². The van der Waals surface area contributed by atoms with Gasteiger partial charge >= 0.3 is 0 Å². The van der Waals surface area contributed by atoms with Gasteiger partial charge in [-0.25, -0.2) is 4.39 Å². The SMILES string of the molecule is Cc1occc1C(=O)N1CCCC(COc2ccc(F)cc2)C1. The van der Waals surface area contributed by atoms with Crippen LogP contribution in [0.4, 0.5) is 4.39 Å². The molecule has 2 aromatic rings. The van der Waals surface area contributed by atoms with E-state index in [4.69, 9.17) is 9.15 Å². The van der Waals surface area contributed by atoms with Gasteiger partial charge in [0.1, 0.15) is 17.3 Å². The van der Waals surface area contributed by atoms with Crippen LogP contribution in [0.2, 0.25) is 0 Å². The minimum Gasteiger partial charge on any atom is -0.493 e. The van der Waals surface area contributed by atoms with Crippen molar-refractivity contribution in [1.82, 2.24) is 4.90 Å². The summed E-state index contributed by atoms with van der Waals surface area (Å²) >= 11 is 0. The van der Waals surface area contributed by atoms with E-state index >= 15 is 0 Å². The van der Waals surface area contributed by atoms with Crippen LogP contribution in [-0.4, -0.2) is 30.5 Å². The molecule has 1 aromatic heterocycles. The van der Waals surface area contributed by atoms with Gasteiger partial charge in [0.2, 0.25) is 0 Å². The van der Waals surface area contributed by atoms with Gasteiger partial charge in [0, 0.05) is 19.0 Å². The molecule has 1 aliphatic heterocycles. The molecule has 5 heteroatoms. The molecule has 1 unspecified atom stereocenters. The van der Waals surface area contributed by atoms with Crippen molar-refractivity contribution in [3.05, 3.63) is 53.7 Å². The first-order valence-corrected chi connectivity index (χ1v) is 7.85. The number of benzene rings is 1. The highest BCUT2D eigenvalue weighted by molar-refractivity contribution is 5.95. The van der Waals surface area contributed by atoms with Crippen LogP contribution in [0.15, 0.2) is 41.0 Å². The molecule has 1 fully saturated rings. The second kappa shape index (κ2) is 6.86. The molecule has 0 saturated carbocycles. The first-order valence-electron chi connectivity index (χ1n) is 7.85. The Labute approximate surface area is 134 Å². The summed E-state index contributed by atoms with van der Waals surface area (Å²) in [4.78, 5) is 14.4. The van der Waals surface area contributed by atoms with Gasteiger partial charge in [0.25, 0.3) is 5.91 Å². The molecule has 0 spiro atoms. The Morgan fingerprint density at radius 3 is 2.83 bits per heavy atom. The molecular formula is C18H20FNO3. The maximum absolute atomic E-state index is 12.9. The number of piperidine rings is 1. The third kappa shape index (κ3) is 3.73. The molecule has 1 aromatic carbocycles. The predicted octanol–water partition coefficient (Wildman–Crippen LogP) is 3.66. The van der Waals surface area contributed by atoms with Crippen LogP contribution in [0.1, 0.15) is 29.0 Å². The summed E-state index contributed by atoms with van der Waals surface area (Å²) < 4.78 is 23.8. The lowest BCUT2D eigenvalue weighted by Gasteiger charge is -2.32. The third-order valence-electron chi connectivity index (χ3n) is 4.19. The average Bonchev–Trinajstić information content (AvgIpc) is 3.00. The van der Waals surface area contributed by atoms with Gasteiger partial charge in [0.05, 0.1) is 18.4 Å². The maximum Gasteiger partial charge on any atom is 0.257 e. The second-order valence-electron chi connectivity index (χ2n) is 5.91. The largest absolute Gasteiger partial charge is 0.493 e. The lowest BCUT2D eigenvalue weighted by molar-refractivity contribution is 0.0631. The highest BCUT2D eigenvalue weighted by atomic mass is 19.1. The van der Waals surface area contributed by atoms with Crippen molar-refractivity contribution in [3.8, 4) is 5.75 Å². The van der Waals surface area contributed by atoms with Gasteiger partial charge in [-0.1, -0.05) is 0 Å². The number of halogens is 1. The smallest absolute Gasteiger partial charge is 0.257 e. The Hall–Kier alpha value is -2.30. The fourth-order valence-electron chi connectivity index (χ4n) is 2.91. The Morgan fingerprint density at radius 1 is 1.35 bits per heavy atom. The van der Waals surface area contributed by atoms with E-state index in [0.717, 1.165) is 19.4 Å². The Kier molecular flexibility index (Phi) is 4.65. The molecule has 3 rings (SSSR count). The Balaban J connectivity index is 1.57. The van der Waals surface area contributed by atoms with E-state index in [9.17, 15) is 9.18 Å². The number of furan rings is 1. The molecule has 23 heavy (non-hydrogen) atoms. The molecule has 0 N–H and O–H groups in total. The fourth-order valence-corrected chi connectivity index (χ4v) is 2.91. The Morgan fingerprint density at radius 2 is 2.13 bits per heavy atom. The summed E-state index contributed by atoms with van der Waals surface area (Å²) in [5.41, 5.74) is 0.630. The van der Waals surface area contributed by atoms with Gasteiger partial charge in [-0.15, -0.1) is 0 Å². The van der Waals surface area contributed by atoms with Gasteiger partial charge in [-0.05, 0) is 50.1 Å². The summed E-state index contributed by atoms with van der Waals surface area (Å²) in [6.07, 6.45) is 3.52. The number of hydrogen-bond acceptors (Lipinski definition) is 3. The molecule has 2 heterocycles. The van der Waals surface area contributed by atoms with Crippen LogP contribution in [0.5, 0.6) is 5.75 Å². The minimum absolute atomic E-state index is 0.0164. The summed E-state index contributed by atoms with van der Waals surface area (Å²) in [7, 11) is 0. The fraction of sp³-hybridized carbons (Fsp3) is 0.389. The van der Waals surface area contributed by atoms with Crippen molar-refractivity contribution in [2.45, 2.75) is 19.8 Å². The van der Waals surface area contributed by atoms with E-state index < -0.39 is 0 Å². The number of rotatable bonds is 4. The van der Waals surface area contributed by atoms with E-state index in [2.05, 4.69) is 0 Å². The molecule has 1 amide bonds. The number of carbonyl (C=O) groups excluding carboxylic acids is 1. The zero-order chi connectivity index (χ0) is 16.2. The van der Waals surface area contributed by atoms with Crippen molar-refractivity contribution >= 4 is 5.91 Å². The number of ether oxygens (including phenoxy) is 1. The monoisotopic (exact) mass is 317 g/mol. The molecule has 1 aliphatic rings. The maximum atomic E-state index is 12.9. The van der Waals surface area contributed by atoms with Crippen LogP contribution in [-0.2, 0) is 0 Å². The number of likely N-dealkylation sites (tertiary alicyclic amines) is 1. The Bertz CT molecular complexity index is 665. The topological polar surface area (TPSA) is 42.7 Å². The summed E-state index contributed by atoms with van der Waals surface area (Å²) in [6, 6.07) is 7.73. The molecule has 1 atom stereocenters. The molecule has 4 nitrogen and oxygen atoms in total. The molecule has 1 saturated heterocycles. The number of carbonyl (C=O) groups is 1. The van der Waals surface area contributed by atoms with Gasteiger partial charge in [-0.2, -0.15) is 0 Å². The average molecular weight is 317 g/mol. The van der Waals surface area contributed by atoms with Crippen molar-refractivity contribution in [2.75, 3.05) is 19.7 Å². The second-order valence-corrected chi connectivity index (χ2v) is 5.91. The van der Waals surface area contributed by atoms with E-state index in [1.54, 1.807) is 31.4 Å². The van der Waals surface area contributed by atoms with Gasteiger partial charge in [0.15, 0.2) is 0 Å². The van der Waals surface area contributed by atoms with Gasteiger partial charge in [-0.3, -0.25) is 4.79 Å². The lowest BCUT2D eigenvalue weighted by atomic mass is 9.98. The standard InChI is InChI=1S/C18H20FNO3/c1-13-17(8-10-22-13)18(21)20-9-2-3-14(11-20)12-23-16-6-4-15(19)5-7-16/h4-8,10,14H,2-3,9,11-12H2,1H3. The normalized spacial score (nSPS) is 18.0. The summed E-state index contributed by atoms with van der Waals surface area (Å²) in [5.74, 6) is 1.33. The van der Waals surface area contributed by atoms with Crippen LogP contribution in [0, 0.1) is 18.7 Å². The highest BCUT2D eigenvalue weighted by Crippen LogP contribution is 2.22. The third-order valence-corrected chi connectivity index (χ3v) is 4.19. The first kappa shape index (κ1) is 15.6. The van der Waals surface area contributed by atoms with Crippen molar-refractivity contribution in [1.29, 1.82) is 0 Å². The molecule has 122 valence electrons. The zero-order valence-corrected chi connectivity index (χ0v) is 13.1. The van der Waals surface area contributed by atoms with Crippen LogP contribution >= 0.6 is 0 Å². The number of amides is 1. The van der Waals surface area contributed by atoms with Gasteiger partial charge < -0.3 is 14.1 Å². The first-order chi connectivity index (χ1) is 11.1. The van der Waals surface area contributed by atoms with Crippen molar-refractivity contribution in [3.63, 3.8) is 0 Å². The van der Waals surface area contributed by atoms with Crippen molar-refractivity contribution < 1.29 is 18.3 Å². The molecule has 0 aliphatic carbocycles. The predicted molar refractivity (Wildman–Crippen MR) is 84.0 cm³/mol. The molecule has 0 radical (unpaired) electrons. The van der Waals surface area contributed by atoms with E-state index in [1.807, 2.05) is 4.90 Å². The number of nitrogens with zero attached hydrogens (tertiary/aromatic N) is 1. The molecular weight excluding hydrogens is 297 g/mol. The quantitative estimate of drug-likeness (QED) is 0.864. The van der Waals surface area contributed by atoms with Crippen LogP contribution < -0.4 is 4.74 Å². The zero-order valence-electron chi connectivity index (χ0n) is 13.1. The summed E-state index contributed by atoms with van der Waals surface area (Å²) in [5, 5.41) is 0. The molecule has 0 bridgehead atoms. The van der Waals surface area contributed by atoms with E-state index in [-0.39, 0.29) is 17.6 Å². The number of hydrogen-bond donors (Lipinski definition) is 0. The van der Waals surface area contributed by atoms with Crippen LogP contribution in [0.25, 0.3) is 0 Å². The highest BCUT2D eigenvalue weighted by Gasteiger charge is 2.26. The lowest BCUT2D eigenvalue weighted by Crippen LogP contribution is -2.41. The number of aryl methyl sites for hydroxylation is 1. The van der Waals surface area contributed by atoms with E-state index in [0.29, 0.717) is 30.2 Å². The minimum atomic E-state index is -0.276.